The minimum absolute atomic E-state index is 0.155. The summed E-state index contributed by atoms with van der Waals surface area (Å²) in [6.07, 6.45) is 2.79. The molecule has 1 N–H and O–H groups in total. The molecule has 0 saturated heterocycles. The number of allylic oxidation sites excluding steroid dienone is 1. The van der Waals surface area contributed by atoms with Gasteiger partial charge < -0.3 is 19.2 Å². The van der Waals surface area contributed by atoms with Crippen LogP contribution in [-0.4, -0.2) is 18.0 Å². The molecule has 0 aliphatic carbocycles. The summed E-state index contributed by atoms with van der Waals surface area (Å²) in [6.45, 7) is 3.56. The zero-order valence-electron chi connectivity index (χ0n) is 22.6. The third kappa shape index (κ3) is 5.70. The fraction of sp³-hybridized carbons (Fsp3) is 0.0968. The first-order valence-electron chi connectivity index (χ1n) is 12.4. The Morgan fingerprint density at radius 2 is 1.30 bits per heavy atom. The van der Waals surface area contributed by atoms with Crippen molar-refractivity contribution in [2.75, 3.05) is 7.11 Å². The van der Waals surface area contributed by atoms with Gasteiger partial charge in [0, 0.05) is 35.9 Å². The molecule has 12 heteroatoms. The fourth-order valence-corrected chi connectivity index (χ4v) is 4.57. The molecule has 0 saturated carbocycles. The van der Waals surface area contributed by atoms with E-state index < -0.39 is 46.4 Å². The first-order valence-corrected chi connectivity index (χ1v) is 12.4. The van der Waals surface area contributed by atoms with Gasteiger partial charge in [0.05, 0.1) is 18.5 Å². The number of nitrogens with one attached hydrogen (secondary N) is 1. The molecule has 0 bridgehead atoms. The molecule has 5 rings (SSSR count). The summed E-state index contributed by atoms with van der Waals surface area (Å²) in [5.41, 5.74) is 2.58. The topological polar surface area (TPSA) is 79.6 Å². The predicted molar refractivity (Wildman–Crippen MR) is 144 cm³/mol. The van der Waals surface area contributed by atoms with Crippen LogP contribution in [0.5, 0.6) is 23.1 Å². The number of aryl methyl sites for hydroxylation is 2. The second-order valence-electron chi connectivity index (χ2n) is 9.32. The third-order valence-electron chi connectivity index (χ3n) is 6.37. The molecular formula is C31H19F6N3O3. The van der Waals surface area contributed by atoms with Crippen LogP contribution in [0.1, 0.15) is 27.9 Å². The number of aromatic nitrogens is 1. The Morgan fingerprint density at radius 1 is 0.767 bits per heavy atom. The van der Waals surface area contributed by atoms with E-state index in [0.29, 0.717) is 52.3 Å². The molecule has 0 unspecified atom stereocenters. The molecule has 218 valence electrons. The molecule has 6 nitrogen and oxygen atoms in total. The summed E-state index contributed by atoms with van der Waals surface area (Å²) in [7, 11) is 1.50. The fourth-order valence-electron chi connectivity index (χ4n) is 4.57. The van der Waals surface area contributed by atoms with Crippen LogP contribution in [0.2, 0.25) is 0 Å². The molecule has 0 spiro atoms. The Morgan fingerprint density at radius 3 is 1.81 bits per heavy atom. The zero-order valence-corrected chi connectivity index (χ0v) is 22.6. The second kappa shape index (κ2) is 11.4. The van der Waals surface area contributed by atoms with Crippen LogP contribution < -0.4 is 14.2 Å². The summed E-state index contributed by atoms with van der Waals surface area (Å²) < 4.78 is 100.0. The maximum absolute atomic E-state index is 14.3. The van der Waals surface area contributed by atoms with E-state index in [0.717, 1.165) is 0 Å². The van der Waals surface area contributed by atoms with Crippen molar-refractivity contribution in [1.82, 2.24) is 4.98 Å². The van der Waals surface area contributed by atoms with Crippen LogP contribution in [0.25, 0.3) is 5.57 Å². The number of halogens is 6. The smallest absolute Gasteiger partial charge is 0.220 e. The number of aliphatic imine (C=N–C) groups is 1. The number of ether oxygens (including phenoxy) is 3. The summed E-state index contributed by atoms with van der Waals surface area (Å²) in [5, 5.41) is 9.78. The first-order chi connectivity index (χ1) is 20.5. The third-order valence-corrected chi connectivity index (χ3v) is 6.37. The van der Waals surface area contributed by atoms with Crippen molar-refractivity contribution in [2.45, 2.75) is 13.8 Å². The van der Waals surface area contributed by atoms with Gasteiger partial charge in [-0.1, -0.05) is 0 Å². The average Bonchev–Trinajstić information content (AvgIpc) is 3.56. The number of nitrogens with zero attached hydrogens (tertiary/aromatic N) is 2. The molecule has 1 aromatic heterocycles. The molecule has 0 fully saturated rings. The van der Waals surface area contributed by atoms with Crippen molar-refractivity contribution in [1.29, 1.82) is 5.26 Å². The number of hydrogen-bond acceptors (Lipinski definition) is 5. The molecule has 0 atom stereocenters. The second-order valence-corrected chi connectivity index (χ2v) is 9.32. The summed E-state index contributed by atoms with van der Waals surface area (Å²) in [5.74, 6) is -9.33. The van der Waals surface area contributed by atoms with Crippen molar-refractivity contribution < 1.29 is 40.6 Å². The lowest BCUT2D eigenvalue weighted by atomic mass is 9.91. The van der Waals surface area contributed by atoms with Gasteiger partial charge in [-0.3, -0.25) is 0 Å². The largest absolute Gasteiger partial charge is 0.497 e. The van der Waals surface area contributed by atoms with E-state index in [1.54, 1.807) is 26.0 Å². The number of aromatic amines is 1. The maximum Gasteiger partial charge on any atom is 0.220 e. The first kappa shape index (κ1) is 29.1. The van der Waals surface area contributed by atoms with E-state index >= 15 is 0 Å². The van der Waals surface area contributed by atoms with E-state index in [1.807, 2.05) is 6.07 Å². The lowest BCUT2D eigenvalue weighted by Gasteiger charge is -2.16. The van der Waals surface area contributed by atoms with Crippen molar-refractivity contribution in [3.05, 3.63) is 123 Å². The van der Waals surface area contributed by atoms with Crippen molar-refractivity contribution in [3.8, 4) is 29.2 Å². The van der Waals surface area contributed by atoms with Crippen LogP contribution in [-0.2, 0) is 0 Å². The highest BCUT2D eigenvalue weighted by Gasteiger charge is 2.25. The Kier molecular flexibility index (Phi) is 7.74. The van der Waals surface area contributed by atoms with Crippen LogP contribution >= 0.6 is 0 Å². The van der Waals surface area contributed by atoms with E-state index in [4.69, 9.17) is 14.2 Å². The van der Waals surface area contributed by atoms with Gasteiger partial charge in [-0.2, -0.15) is 5.26 Å². The number of hydrogen-bond donors (Lipinski definition) is 1. The van der Waals surface area contributed by atoms with Crippen LogP contribution in [0.4, 0.5) is 26.3 Å². The highest BCUT2D eigenvalue weighted by Crippen LogP contribution is 2.39. The molecule has 43 heavy (non-hydrogen) atoms. The molecule has 2 heterocycles. The molecule has 0 radical (unpaired) electrons. The minimum Gasteiger partial charge on any atom is -0.497 e. The van der Waals surface area contributed by atoms with Crippen molar-refractivity contribution in [3.63, 3.8) is 0 Å². The normalized spacial score (nSPS) is 13.5. The predicted octanol–water partition coefficient (Wildman–Crippen LogP) is 7.95. The monoisotopic (exact) mass is 595 g/mol. The van der Waals surface area contributed by atoms with Gasteiger partial charge in [-0.25, -0.2) is 31.3 Å². The van der Waals surface area contributed by atoms with E-state index in [-0.39, 0.29) is 28.7 Å². The molecule has 3 aromatic carbocycles. The van der Waals surface area contributed by atoms with Crippen molar-refractivity contribution in [2.24, 2.45) is 4.99 Å². The van der Waals surface area contributed by atoms with Gasteiger partial charge in [-0.05, 0) is 54.8 Å². The molecule has 1 aliphatic rings. The number of H-pyrrole nitrogens is 1. The van der Waals surface area contributed by atoms with Crippen LogP contribution in [0, 0.1) is 60.1 Å². The Bertz CT molecular complexity index is 1850. The zero-order chi connectivity index (χ0) is 31.0. The molecular weight excluding hydrogens is 576 g/mol. The Balaban J connectivity index is 1.66. The van der Waals surface area contributed by atoms with E-state index in [2.05, 4.69) is 9.98 Å². The Labute approximate surface area is 240 Å². The van der Waals surface area contributed by atoms with Gasteiger partial charge in [-0.15, -0.1) is 0 Å². The highest BCUT2D eigenvalue weighted by atomic mass is 19.2. The minimum atomic E-state index is -1.33. The van der Waals surface area contributed by atoms with Gasteiger partial charge in [0.25, 0.3) is 0 Å². The average molecular weight is 595 g/mol. The number of nitriles is 1. The number of rotatable bonds is 6. The maximum atomic E-state index is 14.3. The Hall–Kier alpha value is -5.44. The van der Waals surface area contributed by atoms with Crippen LogP contribution in [0.3, 0.4) is 0 Å². The van der Waals surface area contributed by atoms with Gasteiger partial charge in [0.1, 0.15) is 29.0 Å². The number of benzene rings is 3. The highest BCUT2D eigenvalue weighted by molar-refractivity contribution is 5.97. The molecule has 4 aromatic rings. The SMILES string of the molecule is COc1cc(C)c(C(=C2C=CC(Oc3c(F)cc(F)cc3F)=N2)c2cc(C#N)c(Oc3c(F)cc(F)cc3F)[nH]2)c(C)c1. The molecule has 1 aliphatic heterocycles. The number of methoxy groups -OCH3 is 1. The van der Waals surface area contributed by atoms with Crippen molar-refractivity contribution >= 4 is 11.5 Å². The van der Waals surface area contributed by atoms with Gasteiger partial charge in [0.2, 0.25) is 23.3 Å². The summed E-state index contributed by atoms with van der Waals surface area (Å²) in [4.78, 5) is 7.18. The van der Waals surface area contributed by atoms with Gasteiger partial charge >= 0.3 is 0 Å². The van der Waals surface area contributed by atoms with Crippen LogP contribution in [0.15, 0.2) is 65.3 Å². The van der Waals surface area contributed by atoms with E-state index in [9.17, 15) is 31.6 Å². The summed E-state index contributed by atoms with van der Waals surface area (Å²) in [6, 6.07) is 8.48. The quantitative estimate of drug-likeness (QED) is 0.230. The lowest BCUT2D eigenvalue weighted by Crippen LogP contribution is -2.06. The van der Waals surface area contributed by atoms with Gasteiger partial charge in [0.15, 0.2) is 23.3 Å². The van der Waals surface area contributed by atoms with E-state index in [1.165, 1.54) is 25.3 Å². The summed E-state index contributed by atoms with van der Waals surface area (Å²) >= 11 is 0. The molecule has 0 amide bonds. The standard InChI is InChI=1S/C31H19F6N3O3/c1-14-6-19(41-3)7-15(2)27(14)28(24-4-5-26(39-24)42-29-20(34)9-17(32)10-21(29)35)25-8-16(13-38)31(40-25)43-30-22(36)11-18(33)12-23(30)37/h4-12,40H,1-3H3. The lowest BCUT2D eigenvalue weighted by molar-refractivity contribution is 0.391.